The molecule has 1 rings (SSSR count). The van der Waals surface area contributed by atoms with Gasteiger partial charge in [0.05, 0.1) is 12.5 Å². The van der Waals surface area contributed by atoms with Crippen molar-refractivity contribution in [1.29, 1.82) is 0 Å². The topological polar surface area (TPSA) is 69.6 Å². The van der Waals surface area contributed by atoms with E-state index in [2.05, 4.69) is 5.32 Å². The zero-order valence-electron chi connectivity index (χ0n) is 10.8. The molecule has 0 aliphatic carbocycles. The average molecular weight is 242 g/mol. The van der Waals surface area contributed by atoms with Crippen LogP contribution in [0.1, 0.15) is 20.8 Å². The average Bonchev–Trinajstić information content (AvgIpc) is 2.56. The van der Waals surface area contributed by atoms with Crippen LogP contribution in [0.4, 0.5) is 0 Å². The van der Waals surface area contributed by atoms with Crippen molar-refractivity contribution >= 4 is 11.9 Å². The Kier molecular flexibility index (Phi) is 4.93. The summed E-state index contributed by atoms with van der Waals surface area (Å²) in [5.74, 6) is -0.568. The first-order chi connectivity index (χ1) is 7.90. The Morgan fingerprint density at radius 2 is 2.06 bits per heavy atom. The van der Waals surface area contributed by atoms with Gasteiger partial charge in [-0.2, -0.15) is 0 Å². The highest BCUT2D eigenvalue weighted by molar-refractivity contribution is 5.78. The molecule has 5 heteroatoms. The Morgan fingerprint density at radius 1 is 1.41 bits per heavy atom. The molecule has 0 aromatic heterocycles. The maximum absolute atomic E-state index is 11.6. The van der Waals surface area contributed by atoms with E-state index in [4.69, 9.17) is 5.11 Å². The van der Waals surface area contributed by atoms with E-state index >= 15 is 0 Å². The maximum atomic E-state index is 11.6. The fourth-order valence-corrected chi connectivity index (χ4v) is 2.09. The van der Waals surface area contributed by atoms with Gasteiger partial charge in [-0.1, -0.05) is 20.8 Å². The van der Waals surface area contributed by atoms with E-state index in [1.54, 1.807) is 0 Å². The Labute approximate surface area is 102 Å². The molecule has 2 atom stereocenters. The van der Waals surface area contributed by atoms with Crippen LogP contribution in [0.5, 0.6) is 0 Å². The third-order valence-corrected chi connectivity index (χ3v) is 3.08. The molecule has 0 radical (unpaired) electrons. The van der Waals surface area contributed by atoms with Gasteiger partial charge in [-0.15, -0.1) is 0 Å². The van der Waals surface area contributed by atoms with E-state index in [0.29, 0.717) is 32.1 Å². The summed E-state index contributed by atoms with van der Waals surface area (Å²) < 4.78 is 0. The fourth-order valence-electron chi connectivity index (χ4n) is 2.09. The molecule has 1 heterocycles. The number of aliphatic carboxylic acids is 1. The van der Waals surface area contributed by atoms with Crippen molar-refractivity contribution in [2.24, 2.45) is 17.8 Å². The largest absolute Gasteiger partial charge is 0.481 e. The van der Waals surface area contributed by atoms with Gasteiger partial charge in [-0.25, -0.2) is 0 Å². The summed E-state index contributed by atoms with van der Waals surface area (Å²) in [4.78, 5) is 24.4. The first kappa shape index (κ1) is 14.0. The summed E-state index contributed by atoms with van der Waals surface area (Å²) in [6.07, 6.45) is 0. The zero-order chi connectivity index (χ0) is 13.0. The Morgan fingerprint density at radius 3 is 2.53 bits per heavy atom. The number of carboxylic acids is 1. The maximum Gasteiger partial charge on any atom is 0.308 e. The molecular weight excluding hydrogens is 220 g/mol. The van der Waals surface area contributed by atoms with Crippen LogP contribution in [0.25, 0.3) is 0 Å². The number of hydrogen-bond donors (Lipinski definition) is 2. The van der Waals surface area contributed by atoms with E-state index < -0.39 is 5.97 Å². The molecule has 1 aliphatic rings. The van der Waals surface area contributed by atoms with Crippen molar-refractivity contribution < 1.29 is 14.7 Å². The monoisotopic (exact) mass is 242 g/mol. The number of hydrogen-bond acceptors (Lipinski definition) is 3. The van der Waals surface area contributed by atoms with Crippen LogP contribution in [0.15, 0.2) is 0 Å². The van der Waals surface area contributed by atoms with Crippen LogP contribution >= 0.6 is 0 Å². The van der Waals surface area contributed by atoms with E-state index in [1.807, 2.05) is 25.7 Å². The zero-order valence-corrected chi connectivity index (χ0v) is 10.8. The van der Waals surface area contributed by atoms with Crippen molar-refractivity contribution in [2.75, 3.05) is 26.2 Å². The predicted octanol–water partition coefficient (Wildman–Crippen LogP) is 0.411. The molecule has 0 spiro atoms. The van der Waals surface area contributed by atoms with Gasteiger partial charge < -0.3 is 10.4 Å². The summed E-state index contributed by atoms with van der Waals surface area (Å²) >= 11 is 0. The standard InChI is InChI=1S/C12H22N2O3/c1-8(2)4-13-11(15)7-14-5-9(3)10(6-14)12(16)17/h8-10H,4-7H2,1-3H3,(H,13,15)(H,16,17). The van der Waals surface area contributed by atoms with Gasteiger partial charge in [-0.3, -0.25) is 14.5 Å². The van der Waals surface area contributed by atoms with Crippen LogP contribution in [-0.2, 0) is 9.59 Å². The molecule has 98 valence electrons. The molecular formula is C12H22N2O3. The minimum absolute atomic E-state index is 0.0167. The van der Waals surface area contributed by atoms with Gasteiger partial charge in [0.25, 0.3) is 0 Å². The van der Waals surface area contributed by atoms with Gasteiger partial charge in [0.2, 0.25) is 5.91 Å². The molecule has 0 bridgehead atoms. The molecule has 1 saturated heterocycles. The number of carboxylic acid groups (broad SMARTS) is 1. The third-order valence-electron chi connectivity index (χ3n) is 3.08. The number of rotatable bonds is 5. The lowest BCUT2D eigenvalue weighted by molar-refractivity contribution is -0.142. The fraction of sp³-hybridized carbons (Fsp3) is 0.833. The van der Waals surface area contributed by atoms with Crippen molar-refractivity contribution in [3.8, 4) is 0 Å². The minimum Gasteiger partial charge on any atom is -0.481 e. The van der Waals surface area contributed by atoms with Gasteiger partial charge >= 0.3 is 5.97 Å². The number of nitrogens with zero attached hydrogens (tertiary/aromatic N) is 1. The summed E-state index contributed by atoms with van der Waals surface area (Å²) in [5.41, 5.74) is 0. The van der Waals surface area contributed by atoms with E-state index in [-0.39, 0.29) is 17.7 Å². The van der Waals surface area contributed by atoms with Crippen LogP contribution < -0.4 is 5.32 Å². The van der Waals surface area contributed by atoms with Crippen LogP contribution in [0.2, 0.25) is 0 Å². The van der Waals surface area contributed by atoms with Gasteiger partial charge in [0.15, 0.2) is 0 Å². The molecule has 0 aromatic rings. The molecule has 2 unspecified atom stereocenters. The molecule has 1 fully saturated rings. The van der Waals surface area contributed by atoms with Crippen LogP contribution in [-0.4, -0.2) is 48.1 Å². The highest BCUT2D eigenvalue weighted by atomic mass is 16.4. The molecule has 1 amide bonds. The minimum atomic E-state index is -0.761. The SMILES string of the molecule is CC(C)CNC(=O)CN1CC(C)C(C(=O)O)C1. The summed E-state index contributed by atoms with van der Waals surface area (Å²) in [6, 6.07) is 0. The predicted molar refractivity (Wildman–Crippen MR) is 64.6 cm³/mol. The highest BCUT2D eigenvalue weighted by Crippen LogP contribution is 2.22. The molecule has 5 nitrogen and oxygen atoms in total. The third kappa shape index (κ3) is 4.34. The molecule has 0 aromatic carbocycles. The second-order valence-corrected chi connectivity index (χ2v) is 5.31. The number of nitrogens with one attached hydrogen (secondary N) is 1. The van der Waals surface area contributed by atoms with Crippen LogP contribution in [0.3, 0.4) is 0 Å². The van der Waals surface area contributed by atoms with E-state index in [1.165, 1.54) is 0 Å². The smallest absolute Gasteiger partial charge is 0.308 e. The van der Waals surface area contributed by atoms with Gasteiger partial charge in [0, 0.05) is 19.6 Å². The molecule has 2 N–H and O–H groups in total. The number of carbonyl (C=O) groups is 2. The summed E-state index contributed by atoms with van der Waals surface area (Å²) in [7, 11) is 0. The number of amides is 1. The van der Waals surface area contributed by atoms with E-state index in [9.17, 15) is 9.59 Å². The van der Waals surface area contributed by atoms with Crippen molar-refractivity contribution in [1.82, 2.24) is 10.2 Å². The Bertz CT molecular complexity index is 291. The summed E-state index contributed by atoms with van der Waals surface area (Å²) in [5, 5.41) is 11.8. The Balaban J connectivity index is 2.34. The molecule has 0 saturated carbocycles. The van der Waals surface area contributed by atoms with Crippen LogP contribution in [0, 0.1) is 17.8 Å². The normalized spacial score (nSPS) is 25.2. The van der Waals surface area contributed by atoms with Crippen molar-refractivity contribution in [3.63, 3.8) is 0 Å². The lowest BCUT2D eigenvalue weighted by Crippen LogP contribution is -2.38. The lowest BCUT2D eigenvalue weighted by atomic mass is 9.99. The second kappa shape index (κ2) is 6.00. The van der Waals surface area contributed by atoms with Crippen molar-refractivity contribution in [3.05, 3.63) is 0 Å². The lowest BCUT2D eigenvalue weighted by Gasteiger charge is -2.15. The quantitative estimate of drug-likeness (QED) is 0.732. The van der Waals surface area contributed by atoms with E-state index in [0.717, 1.165) is 0 Å². The summed E-state index contributed by atoms with van der Waals surface area (Å²) in [6.45, 7) is 8.14. The highest BCUT2D eigenvalue weighted by Gasteiger charge is 2.35. The van der Waals surface area contributed by atoms with Gasteiger partial charge in [-0.05, 0) is 11.8 Å². The number of likely N-dealkylation sites (tertiary alicyclic amines) is 1. The number of carbonyl (C=O) groups excluding carboxylic acids is 1. The molecule has 17 heavy (non-hydrogen) atoms. The van der Waals surface area contributed by atoms with Crippen molar-refractivity contribution in [2.45, 2.75) is 20.8 Å². The molecule has 1 aliphatic heterocycles. The Hall–Kier alpha value is -1.10. The van der Waals surface area contributed by atoms with Gasteiger partial charge in [0.1, 0.15) is 0 Å². The first-order valence-electron chi connectivity index (χ1n) is 6.12. The second-order valence-electron chi connectivity index (χ2n) is 5.31. The first-order valence-corrected chi connectivity index (χ1v) is 6.12.